The summed E-state index contributed by atoms with van der Waals surface area (Å²) in [4.78, 5) is 0. The summed E-state index contributed by atoms with van der Waals surface area (Å²) >= 11 is 5.17. The number of ether oxygens (including phenoxy) is 1. The molecule has 0 fully saturated rings. The predicted octanol–water partition coefficient (Wildman–Crippen LogP) is 2.70. The van der Waals surface area contributed by atoms with Gasteiger partial charge in [-0.05, 0) is 42.9 Å². The summed E-state index contributed by atoms with van der Waals surface area (Å²) in [5, 5.41) is 6.95. The standard InChI is InChI=1S/C12H14FN3OS/c1-8-7-9(13)3-4-10(8)11-14-15-12(18)16(11)5-6-17-2/h3-4,7H,5-6H2,1-2H3,(H,15,18). The molecule has 1 aromatic heterocycles. The minimum absolute atomic E-state index is 0.256. The third-order valence-electron chi connectivity index (χ3n) is 2.71. The van der Waals surface area contributed by atoms with Crippen molar-refractivity contribution in [3.8, 4) is 11.4 Å². The molecule has 1 heterocycles. The molecule has 0 amide bonds. The van der Waals surface area contributed by atoms with E-state index in [-0.39, 0.29) is 5.82 Å². The molecule has 0 atom stereocenters. The summed E-state index contributed by atoms with van der Waals surface area (Å²) in [5.41, 5.74) is 1.68. The minimum Gasteiger partial charge on any atom is -0.383 e. The molecule has 4 nitrogen and oxygen atoms in total. The number of aromatic amines is 1. The van der Waals surface area contributed by atoms with Crippen LogP contribution < -0.4 is 0 Å². The van der Waals surface area contributed by atoms with Crippen molar-refractivity contribution in [2.24, 2.45) is 0 Å². The first-order valence-electron chi connectivity index (χ1n) is 5.54. The van der Waals surface area contributed by atoms with E-state index in [1.165, 1.54) is 12.1 Å². The maximum absolute atomic E-state index is 13.1. The van der Waals surface area contributed by atoms with Gasteiger partial charge in [-0.1, -0.05) is 0 Å². The minimum atomic E-state index is -0.256. The highest BCUT2D eigenvalue weighted by molar-refractivity contribution is 7.71. The number of benzene rings is 1. The van der Waals surface area contributed by atoms with Gasteiger partial charge >= 0.3 is 0 Å². The third-order valence-corrected chi connectivity index (χ3v) is 3.02. The van der Waals surface area contributed by atoms with Gasteiger partial charge in [0.1, 0.15) is 5.82 Å². The van der Waals surface area contributed by atoms with Gasteiger partial charge in [-0.2, -0.15) is 5.10 Å². The number of halogens is 1. The molecule has 0 unspecified atom stereocenters. The van der Waals surface area contributed by atoms with Crippen molar-refractivity contribution in [1.29, 1.82) is 0 Å². The zero-order valence-electron chi connectivity index (χ0n) is 10.2. The zero-order chi connectivity index (χ0) is 13.1. The molecule has 1 N–H and O–H groups in total. The van der Waals surface area contributed by atoms with E-state index in [1.54, 1.807) is 13.2 Å². The summed E-state index contributed by atoms with van der Waals surface area (Å²) in [6, 6.07) is 4.60. The van der Waals surface area contributed by atoms with Crippen molar-refractivity contribution in [2.45, 2.75) is 13.5 Å². The summed E-state index contributed by atoms with van der Waals surface area (Å²) in [6.07, 6.45) is 0. The van der Waals surface area contributed by atoms with Crippen LogP contribution in [-0.4, -0.2) is 28.5 Å². The van der Waals surface area contributed by atoms with Gasteiger partial charge in [-0.3, -0.25) is 9.67 Å². The van der Waals surface area contributed by atoms with E-state index in [2.05, 4.69) is 10.2 Å². The first kappa shape index (κ1) is 12.9. The molecule has 0 aliphatic carbocycles. The van der Waals surface area contributed by atoms with Crippen molar-refractivity contribution >= 4 is 12.2 Å². The van der Waals surface area contributed by atoms with Crippen molar-refractivity contribution in [2.75, 3.05) is 13.7 Å². The Balaban J connectivity index is 2.47. The van der Waals surface area contributed by atoms with E-state index in [0.717, 1.165) is 11.1 Å². The Hall–Kier alpha value is -1.53. The molecule has 18 heavy (non-hydrogen) atoms. The highest BCUT2D eigenvalue weighted by atomic mass is 32.1. The molecule has 0 bridgehead atoms. The van der Waals surface area contributed by atoms with Gasteiger partial charge in [0.15, 0.2) is 10.6 Å². The van der Waals surface area contributed by atoms with E-state index in [4.69, 9.17) is 17.0 Å². The normalized spacial score (nSPS) is 10.8. The average Bonchev–Trinajstić information content (AvgIpc) is 2.68. The lowest BCUT2D eigenvalue weighted by atomic mass is 10.1. The van der Waals surface area contributed by atoms with Crippen LogP contribution in [0.1, 0.15) is 5.56 Å². The Kier molecular flexibility index (Phi) is 3.88. The third kappa shape index (κ3) is 2.49. The van der Waals surface area contributed by atoms with E-state index in [1.807, 2.05) is 11.5 Å². The maximum Gasteiger partial charge on any atom is 0.195 e. The van der Waals surface area contributed by atoms with Crippen LogP contribution in [0.3, 0.4) is 0 Å². The van der Waals surface area contributed by atoms with Crippen LogP contribution >= 0.6 is 12.2 Å². The van der Waals surface area contributed by atoms with Crippen LogP contribution in [0.4, 0.5) is 4.39 Å². The average molecular weight is 267 g/mol. The number of aromatic nitrogens is 3. The molecule has 0 aliphatic heterocycles. The topological polar surface area (TPSA) is 42.8 Å². The highest BCUT2D eigenvalue weighted by Gasteiger charge is 2.11. The Bertz CT molecular complexity index is 606. The fourth-order valence-electron chi connectivity index (χ4n) is 1.79. The fraction of sp³-hybridized carbons (Fsp3) is 0.333. The Morgan fingerprint density at radius 3 is 2.94 bits per heavy atom. The van der Waals surface area contributed by atoms with Crippen LogP contribution in [0.25, 0.3) is 11.4 Å². The van der Waals surface area contributed by atoms with Gasteiger partial charge in [-0.15, -0.1) is 0 Å². The van der Waals surface area contributed by atoms with Gasteiger partial charge in [0, 0.05) is 12.7 Å². The number of nitrogens with one attached hydrogen (secondary N) is 1. The number of hydrogen-bond acceptors (Lipinski definition) is 3. The molecule has 0 radical (unpaired) electrons. The van der Waals surface area contributed by atoms with E-state index < -0.39 is 0 Å². The zero-order valence-corrected chi connectivity index (χ0v) is 11.1. The molecule has 2 rings (SSSR count). The van der Waals surface area contributed by atoms with Crippen molar-refractivity contribution in [3.63, 3.8) is 0 Å². The van der Waals surface area contributed by atoms with Gasteiger partial charge in [0.05, 0.1) is 13.2 Å². The molecule has 1 aromatic carbocycles. The second-order valence-corrected chi connectivity index (χ2v) is 4.34. The summed E-state index contributed by atoms with van der Waals surface area (Å²) in [6.45, 7) is 3.00. The van der Waals surface area contributed by atoms with Gasteiger partial charge < -0.3 is 4.74 Å². The van der Waals surface area contributed by atoms with Crippen molar-refractivity contribution < 1.29 is 9.13 Å². The molecular formula is C12H14FN3OS. The molecular weight excluding hydrogens is 253 g/mol. The monoisotopic (exact) mass is 267 g/mol. The van der Waals surface area contributed by atoms with Crippen LogP contribution in [0, 0.1) is 17.5 Å². The SMILES string of the molecule is COCCn1c(-c2ccc(F)cc2C)n[nH]c1=S. The number of rotatable bonds is 4. The largest absolute Gasteiger partial charge is 0.383 e. The first-order valence-corrected chi connectivity index (χ1v) is 5.95. The molecule has 2 aromatic rings. The van der Waals surface area contributed by atoms with Crippen LogP contribution in [0.15, 0.2) is 18.2 Å². The number of H-pyrrole nitrogens is 1. The maximum atomic E-state index is 13.1. The molecule has 96 valence electrons. The number of methoxy groups -OCH3 is 1. The Labute approximate surface area is 109 Å². The highest BCUT2D eigenvalue weighted by Crippen LogP contribution is 2.22. The van der Waals surface area contributed by atoms with Gasteiger partial charge in [-0.25, -0.2) is 4.39 Å². The van der Waals surface area contributed by atoms with Crippen LogP contribution in [0.5, 0.6) is 0 Å². The summed E-state index contributed by atoms with van der Waals surface area (Å²) in [5.74, 6) is 0.448. The second-order valence-electron chi connectivity index (χ2n) is 3.96. The number of aryl methyl sites for hydroxylation is 1. The van der Waals surface area contributed by atoms with Gasteiger partial charge in [0.25, 0.3) is 0 Å². The Morgan fingerprint density at radius 2 is 2.28 bits per heavy atom. The molecule has 0 aliphatic rings. The van der Waals surface area contributed by atoms with Crippen molar-refractivity contribution in [1.82, 2.24) is 14.8 Å². The number of nitrogens with zero attached hydrogens (tertiary/aromatic N) is 2. The first-order chi connectivity index (χ1) is 8.63. The summed E-state index contributed by atoms with van der Waals surface area (Å²) < 4.78 is 20.5. The van der Waals surface area contributed by atoms with Crippen molar-refractivity contribution in [3.05, 3.63) is 34.4 Å². The quantitative estimate of drug-likeness (QED) is 0.866. The lowest BCUT2D eigenvalue weighted by Gasteiger charge is -2.08. The van der Waals surface area contributed by atoms with Gasteiger partial charge in [0.2, 0.25) is 0 Å². The molecule has 0 saturated heterocycles. The fourth-order valence-corrected chi connectivity index (χ4v) is 2.01. The molecule has 0 spiro atoms. The molecule has 0 saturated carbocycles. The lowest BCUT2D eigenvalue weighted by Crippen LogP contribution is -2.06. The van der Waals surface area contributed by atoms with Crippen LogP contribution in [0.2, 0.25) is 0 Å². The van der Waals surface area contributed by atoms with E-state index in [0.29, 0.717) is 23.7 Å². The van der Waals surface area contributed by atoms with Crippen LogP contribution in [-0.2, 0) is 11.3 Å². The molecule has 6 heteroatoms. The van der Waals surface area contributed by atoms with E-state index >= 15 is 0 Å². The van der Waals surface area contributed by atoms with E-state index in [9.17, 15) is 4.39 Å². The second kappa shape index (κ2) is 5.41. The number of hydrogen-bond donors (Lipinski definition) is 1. The Morgan fingerprint density at radius 1 is 1.50 bits per heavy atom. The smallest absolute Gasteiger partial charge is 0.195 e. The lowest BCUT2D eigenvalue weighted by molar-refractivity contribution is 0.187. The summed E-state index contributed by atoms with van der Waals surface area (Å²) in [7, 11) is 1.63. The predicted molar refractivity (Wildman–Crippen MR) is 69.4 cm³/mol.